The molecule has 0 spiro atoms. The summed E-state index contributed by atoms with van der Waals surface area (Å²) in [5.74, 6) is -1.54. The van der Waals surface area contributed by atoms with Crippen LogP contribution >= 0.6 is 34.5 Å². The van der Waals surface area contributed by atoms with Gasteiger partial charge in [-0.3, -0.25) is 4.79 Å². The second-order valence-corrected chi connectivity index (χ2v) is 7.90. The van der Waals surface area contributed by atoms with Gasteiger partial charge in [-0.25, -0.2) is 4.79 Å². The Labute approximate surface area is 176 Å². The van der Waals surface area contributed by atoms with E-state index in [0.717, 1.165) is 5.69 Å². The molecule has 144 valence electrons. The van der Waals surface area contributed by atoms with Gasteiger partial charge in [-0.15, -0.1) is 11.3 Å². The first kappa shape index (κ1) is 20.2. The minimum Gasteiger partial charge on any atom is -0.478 e. The number of amides is 1. The molecule has 0 atom stereocenters. The van der Waals surface area contributed by atoms with Crippen molar-refractivity contribution in [2.45, 2.75) is 0 Å². The number of aromatic carboxylic acids is 1. The van der Waals surface area contributed by atoms with Crippen molar-refractivity contribution in [3.8, 4) is 10.4 Å². The first-order valence-electron chi connectivity index (χ1n) is 8.17. The van der Waals surface area contributed by atoms with E-state index in [2.05, 4.69) is 5.32 Å². The van der Waals surface area contributed by atoms with Gasteiger partial charge >= 0.3 is 5.97 Å². The van der Waals surface area contributed by atoms with Gasteiger partial charge in [0.1, 0.15) is 5.56 Å². The van der Waals surface area contributed by atoms with Crippen LogP contribution in [0.4, 0.5) is 11.4 Å². The highest BCUT2D eigenvalue weighted by molar-refractivity contribution is 7.14. The van der Waals surface area contributed by atoms with E-state index in [4.69, 9.17) is 23.2 Å². The number of carboxylic acids is 1. The first-order valence-corrected chi connectivity index (χ1v) is 9.80. The van der Waals surface area contributed by atoms with Crippen molar-refractivity contribution in [1.82, 2.24) is 0 Å². The molecule has 0 aliphatic carbocycles. The average Bonchev–Trinajstić information content (AvgIpc) is 3.05. The molecule has 0 aliphatic heterocycles. The van der Waals surface area contributed by atoms with E-state index in [1.807, 2.05) is 31.1 Å². The molecule has 5 nitrogen and oxygen atoms in total. The summed E-state index contributed by atoms with van der Waals surface area (Å²) in [5, 5.41) is 14.8. The number of carbonyl (C=O) groups excluding carboxylic acids is 1. The smallest absolute Gasteiger partial charge is 0.339 e. The van der Waals surface area contributed by atoms with Gasteiger partial charge in [-0.2, -0.15) is 0 Å². The van der Waals surface area contributed by atoms with E-state index < -0.39 is 5.97 Å². The summed E-state index contributed by atoms with van der Waals surface area (Å²) in [4.78, 5) is 26.8. The van der Waals surface area contributed by atoms with Gasteiger partial charge in [0.05, 0.1) is 15.6 Å². The number of carbonyl (C=O) groups is 2. The van der Waals surface area contributed by atoms with Gasteiger partial charge in [-0.1, -0.05) is 29.3 Å². The average molecular weight is 435 g/mol. The lowest BCUT2D eigenvalue weighted by molar-refractivity contribution is 0.0699. The van der Waals surface area contributed by atoms with E-state index in [1.165, 1.54) is 11.3 Å². The molecule has 3 rings (SSSR count). The number of halogens is 2. The lowest BCUT2D eigenvalue weighted by Gasteiger charge is -2.12. The maximum absolute atomic E-state index is 12.6. The fraction of sp³-hybridized carbons (Fsp3) is 0.100. The van der Waals surface area contributed by atoms with Gasteiger partial charge in [0.25, 0.3) is 5.91 Å². The van der Waals surface area contributed by atoms with E-state index >= 15 is 0 Å². The Morgan fingerprint density at radius 1 is 1.07 bits per heavy atom. The molecule has 28 heavy (non-hydrogen) atoms. The van der Waals surface area contributed by atoms with Crippen LogP contribution in [0.15, 0.2) is 47.8 Å². The molecular formula is C20H16Cl2N2O3S. The Morgan fingerprint density at radius 2 is 1.75 bits per heavy atom. The van der Waals surface area contributed by atoms with Crippen LogP contribution in [-0.2, 0) is 0 Å². The Balaban J connectivity index is 1.93. The van der Waals surface area contributed by atoms with Crippen LogP contribution in [0.2, 0.25) is 10.0 Å². The van der Waals surface area contributed by atoms with Gasteiger partial charge in [0.15, 0.2) is 0 Å². The predicted molar refractivity (Wildman–Crippen MR) is 115 cm³/mol. The summed E-state index contributed by atoms with van der Waals surface area (Å²) in [7, 11) is 3.81. The second-order valence-electron chi connectivity index (χ2n) is 6.18. The normalized spacial score (nSPS) is 10.6. The molecule has 0 saturated heterocycles. The highest BCUT2D eigenvalue weighted by Crippen LogP contribution is 2.40. The summed E-state index contributed by atoms with van der Waals surface area (Å²) in [6, 6.07) is 11.9. The molecule has 2 aromatic carbocycles. The van der Waals surface area contributed by atoms with Crippen molar-refractivity contribution in [2.75, 3.05) is 24.3 Å². The summed E-state index contributed by atoms with van der Waals surface area (Å²) in [5.41, 5.74) is 2.15. The monoisotopic (exact) mass is 434 g/mol. The van der Waals surface area contributed by atoms with Crippen LogP contribution in [0.1, 0.15) is 20.7 Å². The van der Waals surface area contributed by atoms with E-state index in [0.29, 0.717) is 26.0 Å². The van der Waals surface area contributed by atoms with E-state index in [9.17, 15) is 14.7 Å². The van der Waals surface area contributed by atoms with Crippen LogP contribution in [0.3, 0.4) is 0 Å². The topological polar surface area (TPSA) is 69.6 Å². The number of benzene rings is 2. The van der Waals surface area contributed by atoms with Crippen LogP contribution in [0, 0.1) is 0 Å². The number of carboxylic acid groups (broad SMARTS) is 1. The van der Waals surface area contributed by atoms with Crippen LogP contribution in [0.5, 0.6) is 0 Å². The zero-order valence-electron chi connectivity index (χ0n) is 15.0. The fourth-order valence-electron chi connectivity index (χ4n) is 2.64. The third-order valence-corrected chi connectivity index (χ3v) is 5.64. The highest BCUT2D eigenvalue weighted by atomic mass is 35.5. The summed E-state index contributed by atoms with van der Waals surface area (Å²) in [6.07, 6.45) is 0. The number of thiophene rings is 1. The molecule has 3 aromatic rings. The van der Waals surface area contributed by atoms with Crippen molar-refractivity contribution in [1.29, 1.82) is 0 Å². The van der Waals surface area contributed by atoms with Crippen molar-refractivity contribution in [3.05, 3.63) is 69.0 Å². The lowest BCUT2D eigenvalue weighted by Crippen LogP contribution is -2.14. The molecule has 1 heterocycles. The Bertz CT molecular complexity index is 1050. The van der Waals surface area contributed by atoms with Gasteiger partial charge in [-0.05, 0) is 36.4 Å². The minimum atomic E-state index is -1.15. The Hall–Kier alpha value is -2.54. The quantitative estimate of drug-likeness (QED) is 0.537. The standard InChI is InChI=1S/C20H16Cl2N2O3S/c1-24(2)13-6-3-11(4-7-13)19(25)23-16-10-28-18(17(16)20(26)27)14-8-5-12(21)9-15(14)22/h3-10H,1-2H3,(H,23,25)(H,26,27). The molecule has 0 unspecified atom stereocenters. The highest BCUT2D eigenvalue weighted by Gasteiger charge is 2.23. The maximum atomic E-state index is 12.6. The molecule has 0 aliphatic rings. The summed E-state index contributed by atoms with van der Waals surface area (Å²) >= 11 is 13.3. The van der Waals surface area contributed by atoms with Crippen LogP contribution in [0.25, 0.3) is 10.4 Å². The fourth-order valence-corrected chi connectivity index (χ4v) is 4.23. The molecule has 0 bridgehead atoms. The molecule has 0 radical (unpaired) electrons. The number of nitrogens with zero attached hydrogens (tertiary/aromatic N) is 1. The van der Waals surface area contributed by atoms with Crippen molar-refractivity contribution >= 4 is 57.8 Å². The largest absolute Gasteiger partial charge is 0.478 e. The van der Waals surface area contributed by atoms with E-state index in [-0.39, 0.29) is 17.2 Å². The first-order chi connectivity index (χ1) is 13.3. The predicted octanol–water partition coefficient (Wildman–Crippen LogP) is 5.74. The van der Waals surface area contributed by atoms with Crippen molar-refractivity contribution < 1.29 is 14.7 Å². The molecule has 8 heteroatoms. The number of nitrogens with one attached hydrogen (secondary N) is 1. The third kappa shape index (κ3) is 4.14. The lowest BCUT2D eigenvalue weighted by atomic mass is 10.1. The molecule has 2 N–H and O–H groups in total. The SMILES string of the molecule is CN(C)c1ccc(C(=O)Nc2csc(-c3ccc(Cl)cc3Cl)c2C(=O)O)cc1. The number of hydrogen-bond donors (Lipinski definition) is 2. The third-order valence-electron chi connectivity index (χ3n) is 4.07. The van der Waals surface area contributed by atoms with Crippen molar-refractivity contribution in [3.63, 3.8) is 0 Å². The van der Waals surface area contributed by atoms with Crippen LogP contribution < -0.4 is 10.2 Å². The van der Waals surface area contributed by atoms with Gasteiger partial charge < -0.3 is 15.3 Å². The Kier molecular flexibility index (Phi) is 5.93. The molecule has 1 amide bonds. The van der Waals surface area contributed by atoms with Crippen LogP contribution in [-0.4, -0.2) is 31.1 Å². The zero-order chi connectivity index (χ0) is 20.4. The van der Waals surface area contributed by atoms with Gasteiger partial charge in [0.2, 0.25) is 0 Å². The Morgan fingerprint density at radius 3 is 2.32 bits per heavy atom. The molecule has 1 aromatic heterocycles. The minimum absolute atomic E-state index is 0.00696. The van der Waals surface area contributed by atoms with Gasteiger partial charge in [0, 0.05) is 41.3 Å². The summed E-state index contributed by atoms with van der Waals surface area (Å²) < 4.78 is 0. The van der Waals surface area contributed by atoms with Crippen molar-refractivity contribution in [2.24, 2.45) is 0 Å². The summed E-state index contributed by atoms with van der Waals surface area (Å²) in [6.45, 7) is 0. The number of rotatable bonds is 5. The zero-order valence-corrected chi connectivity index (χ0v) is 17.3. The number of hydrogen-bond acceptors (Lipinski definition) is 4. The molecule has 0 fully saturated rings. The second kappa shape index (κ2) is 8.22. The molecule has 0 saturated carbocycles. The maximum Gasteiger partial charge on any atom is 0.339 e. The molecular weight excluding hydrogens is 419 g/mol. The van der Waals surface area contributed by atoms with E-state index in [1.54, 1.807) is 35.7 Å². The number of anilines is 2.